The zero-order valence-electron chi connectivity index (χ0n) is 14.0. The van der Waals surface area contributed by atoms with Crippen LogP contribution < -0.4 is 11.1 Å². The van der Waals surface area contributed by atoms with Crippen LogP contribution in [0.15, 0.2) is 36.9 Å². The van der Waals surface area contributed by atoms with Crippen molar-refractivity contribution in [2.45, 2.75) is 32.4 Å². The van der Waals surface area contributed by atoms with Crippen LogP contribution >= 0.6 is 24.8 Å². The van der Waals surface area contributed by atoms with E-state index in [1.54, 1.807) is 11.0 Å². The molecular formula is C17H25Cl2N5O. The summed E-state index contributed by atoms with van der Waals surface area (Å²) in [7, 11) is 0. The summed E-state index contributed by atoms with van der Waals surface area (Å²) < 4.78 is 1.78. The van der Waals surface area contributed by atoms with E-state index in [0.29, 0.717) is 25.6 Å². The first kappa shape index (κ1) is 21.4. The van der Waals surface area contributed by atoms with Gasteiger partial charge in [-0.2, -0.15) is 5.10 Å². The first-order chi connectivity index (χ1) is 11.3. The molecule has 1 amide bonds. The summed E-state index contributed by atoms with van der Waals surface area (Å²) in [6.07, 6.45) is 6.37. The van der Waals surface area contributed by atoms with Gasteiger partial charge >= 0.3 is 0 Å². The lowest BCUT2D eigenvalue weighted by atomic mass is 9.95. The first-order valence-electron chi connectivity index (χ1n) is 8.14. The van der Waals surface area contributed by atoms with Crippen molar-refractivity contribution in [2.24, 2.45) is 17.6 Å². The van der Waals surface area contributed by atoms with Gasteiger partial charge in [0.15, 0.2) is 0 Å². The van der Waals surface area contributed by atoms with Gasteiger partial charge in [-0.05, 0) is 36.4 Å². The van der Waals surface area contributed by atoms with E-state index in [9.17, 15) is 4.79 Å². The molecule has 138 valence electrons. The average Bonchev–Trinajstić information content (AvgIpc) is 3.25. The highest BCUT2D eigenvalue weighted by Crippen LogP contribution is 2.30. The fourth-order valence-corrected chi connectivity index (χ4v) is 3.25. The van der Waals surface area contributed by atoms with Crippen LogP contribution in [-0.4, -0.2) is 27.2 Å². The Bertz CT molecular complexity index is 633. The minimum absolute atomic E-state index is 0. The SMILES string of the molecule is Cl.Cl.NC[C@H]1CCC[C@H]1C(=O)NCc1ccc(Cn2cncn2)cc1. The molecule has 2 aromatic rings. The number of rotatable bonds is 6. The minimum Gasteiger partial charge on any atom is -0.352 e. The number of nitrogens with two attached hydrogens (primary N) is 1. The predicted molar refractivity (Wildman–Crippen MR) is 102 cm³/mol. The van der Waals surface area contributed by atoms with Gasteiger partial charge in [0.25, 0.3) is 0 Å². The number of hydrogen-bond acceptors (Lipinski definition) is 4. The molecule has 0 unspecified atom stereocenters. The largest absolute Gasteiger partial charge is 0.352 e. The number of carbonyl (C=O) groups is 1. The summed E-state index contributed by atoms with van der Waals surface area (Å²) >= 11 is 0. The minimum atomic E-state index is 0. The number of nitrogens with one attached hydrogen (secondary N) is 1. The van der Waals surface area contributed by atoms with Crippen LogP contribution in [0.5, 0.6) is 0 Å². The lowest BCUT2D eigenvalue weighted by molar-refractivity contribution is -0.126. The van der Waals surface area contributed by atoms with Gasteiger partial charge in [0.2, 0.25) is 5.91 Å². The van der Waals surface area contributed by atoms with Gasteiger partial charge in [-0.15, -0.1) is 24.8 Å². The highest BCUT2D eigenvalue weighted by atomic mass is 35.5. The Morgan fingerprint density at radius 2 is 1.92 bits per heavy atom. The van der Waals surface area contributed by atoms with E-state index in [1.165, 1.54) is 6.33 Å². The van der Waals surface area contributed by atoms with Gasteiger partial charge < -0.3 is 11.1 Å². The molecule has 3 rings (SSSR count). The Morgan fingerprint density at radius 1 is 1.20 bits per heavy atom. The van der Waals surface area contributed by atoms with Crippen molar-refractivity contribution in [3.05, 3.63) is 48.0 Å². The van der Waals surface area contributed by atoms with Gasteiger partial charge in [0.1, 0.15) is 12.7 Å². The third-order valence-corrected chi connectivity index (χ3v) is 4.60. The van der Waals surface area contributed by atoms with E-state index in [1.807, 2.05) is 12.1 Å². The molecule has 1 heterocycles. The van der Waals surface area contributed by atoms with Gasteiger partial charge in [0.05, 0.1) is 6.54 Å². The molecular weight excluding hydrogens is 361 g/mol. The van der Waals surface area contributed by atoms with Crippen LogP contribution in [0, 0.1) is 11.8 Å². The van der Waals surface area contributed by atoms with Crippen LogP contribution in [0.3, 0.4) is 0 Å². The number of nitrogens with zero attached hydrogens (tertiary/aromatic N) is 3. The monoisotopic (exact) mass is 385 g/mol. The third kappa shape index (κ3) is 5.70. The quantitative estimate of drug-likeness (QED) is 0.797. The van der Waals surface area contributed by atoms with E-state index in [-0.39, 0.29) is 36.6 Å². The maximum absolute atomic E-state index is 12.3. The molecule has 1 aromatic carbocycles. The molecule has 3 N–H and O–H groups in total. The highest BCUT2D eigenvalue weighted by molar-refractivity contribution is 5.85. The number of halogens is 2. The van der Waals surface area contributed by atoms with Gasteiger partial charge in [0, 0.05) is 12.5 Å². The molecule has 0 radical (unpaired) electrons. The molecule has 25 heavy (non-hydrogen) atoms. The summed E-state index contributed by atoms with van der Waals surface area (Å²) in [5, 5.41) is 7.14. The van der Waals surface area contributed by atoms with Crippen LogP contribution in [0.1, 0.15) is 30.4 Å². The van der Waals surface area contributed by atoms with Crippen molar-refractivity contribution in [2.75, 3.05) is 6.54 Å². The normalized spacial score (nSPS) is 18.9. The Kier molecular flexibility index (Phi) is 8.89. The number of aromatic nitrogens is 3. The van der Waals surface area contributed by atoms with Crippen molar-refractivity contribution in [3.8, 4) is 0 Å². The smallest absolute Gasteiger partial charge is 0.223 e. The molecule has 1 fully saturated rings. The predicted octanol–water partition coefficient (Wildman–Crippen LogP) is 2.16. The summed E-state index contributed by atoms with van der Waals surface area (Å²) in [5.41, 5.74) is 8.01. The Morgan fingerprint density at radius 3 is 2.56 bits per heavy atom. The molecule has 0 aliphatic heterocycles. The van der Waals surface area contributed by atoms with Crippen molar-refractivity contribution < 1.29 is 4.79 Å². The third-order valence-electron chi connectivity index (χ3n) is 4.60. The molecule has 2 atom stereocenters. The molecule has 1 saturated carbocycles. The average molecular weight is 386 g/mol. The molecule has 0 spiro atoms. The molecule has 8 heteroatoms. The summed E-state index contributed by atoms with van der Waals surface area (Å²) in [6, 6.07) is 8.20. The Hall–Kier alpha value is -1.63. The van der Waals surface area contributed by atoms with Crippen molar-refractivity contribution in [1.82, 2.24) is 20.1 Å². The van der Waals surface area contributed by atoms with E-state index in [4.69, 9.17) is 5.73 Å². The van der Waals surface area contributed by atoms with Gasteiger partial charge in [-0.3, -0.25) is 4.79 Å². The Balaban J connectivity index is 0.00000156. The maximum atomic E-state index is 12.3. The van der Waals surface area contributed by atoms with Crippen LogP contribution in [0.2, 0.25) is 0 Å². The number of amides is 1. The molecule has 0 bridgehead atoms. The van der Waals surface area contributed by atoms with Crippen LogP contribution in [0.4, 0.5) is 0 Å². The van der Waals surface area contributed by atoms with E-state index < -0.39 is 0 Å². The van der Waals surface area contributed by atoms with Crippen molar-refractivity contribution >= 4 is 30.7 Å². The van der Waals surface area contributed by atoms with Gasteiger partial charge in [-0.25, -0.2) is 9.67 Å². The van der Waals surface area contributed by atoms with Crippen LogP contribution in [-0.2, 0) is 17.9 Å². The first-order valence-corrected chi connectivity index (χ1v) is 8.14. The summed E-state index contributed by atoms with van der Waals surface area (Å²) in [6.45, 7) is 1.87. The standard InChI is InChI=1S/C17H23N5O.2ClH/c18-8-15-2-1-3-16(15)17(23)20-9-13-4-6-14(7-5-13)10-22-12-19-11-21-22;;/h4-7,11-12,15-16H,1-3,8-10,18H2,(H,20,23);2*1H/t15-,16-;;/m1../s1. The van der Waals surface area contributed by atoms with E-state index >= 15 is 0 Å². The van der Waals surface area contributed by atoms with Gasteiger partial charge in [-0.1, -0.05) is 30.7 Å². The summed E-state index contributed by atoms with van der Waals surface area (Å²) in [5.74, 6) is 0.580. The lowest BCUT2D eigenvalue weighted by Gasteiger charge is -2.17. The van der Waals surface area contributed by atoms with E-state index in [0.717, 1.165) is 30.4 Å². The molecule has 0 saturated heterocycles. The van der Waals surface area contributed by atoms with Crippen molar-refractivity contribution in [3.63, 3.8) is 0 Å². The lowest BCUT2D eigenvalue weighted by Crippen LogP contribution is -2.34. The number of carbonyl (C=O) groups excluding carboxylic acids is 1. The topological polar surface area (TPSA) is 85.8 Å². The molecule has 1 aliphatic carbocycles. The second-order valence-electron chi connectivity index (χ2n) is 6.16. The second kappa shape index (κ2) is 10.4. The maximum Gasteiger partial charge on any atom is 0.223 e. The fraction of sp³-hybridized carbons (Fsp3) is 0.471. The van der Waals surface area contributed by atoms with E-state index in [2.05, 4.69) is 27.5 Å². The van der Waals surface area contributed by atoms with Crippen molar-refractivity contribution in [1.29, 1.82) is 0 Å². The fourth-order valence-electron chi connectivity index (χ4n) is 3.25. The van der Waals surface area contributed by atoms with Crippen LogP contribution in [0.25, 0.3) is 0 Å². The Labute approximate surface area is 160 Å². The highest BCUT2D eigenvalue weighted by Gasteiger charge is 2.31. The molecule has 1 aromatic heterocycles. The molecule has 6 nitrogen and oxygen atoms in total. The number of benzene rings is 1. The number of hydrogen-bond donors (Lipinski definition) is 2. The zero-order valence-corrected chi connectivity index (χ0v) is 15.6. The second-order valence-corrected chi connectivity index (χ2v) is 6.16. The molecule has 1 aliphatic rings. The zero-order chi connectivity index (χ0) is 16.1. The summed E-state index contributed by atoms with van der Waals surface area (Å²) in [4.78, 5) is 16.2.